The molecule has 0 bridgehead atoms. The van der Waals surface area contributed by atoms with Crippen molar-refractivity contribution in [3.8, 4) is 0 Å². The number of ether oxygens (including phenoxy) is 1. The van der Waals surface area contributed by atoms with Gasteiger partial charge in [0.25, 0.3) is 0 Å². The number of morpholine rings is 1. The zero-order chi connectivity index (χ0) is 17.8. The highest BCUT2D eigenvalue weighted by molar-refractivity contribution is 7.13. The Labute approximate surface area is 157 Å². The van der Waals surface area contributed by atoms with E-state index < -0.39 is 0 Å². The molecule has 4 rings (SSSR count). The maximum absolute atomic E-state index is 13.4. The number of carbonyl (C=O) groups is 1. The Morgan fingerprint density at radius 1 is 1.12 bits per heavy atom. The Morgan fingerprint density at radius 2 is 1.92 bits per heavy atom. The first-order valence-corrected chi connectivity index (χ1v) is 9.86. The highest BCUT2D eigenvalue weighted by Gasteiger charge is 2.34. The van der Waals surface area contributed by atoms with Crippen LogP contribution in [0.5, 0.6) is 0 Å². The predicted molar refractivity (Wildman–Crippen MR) is 100 cm³/mol. The van der Waals surface area contributed by atoms with Crippen LogP contribution >= 0.6 is 11.3 Å². The van der Waals surface area contributed by atoms with Crippen LogP contribution in [0.1, 0.15) is 11.6 Å². The highest BCUT2D eigenvalue weighted by atomic mass is 32.1. The maximum atomic E-state index is 13.4. The largest absolute Gasteiger partial charge is 0.379 e. The minimum atomic E-state index is -0.279. The molecule has 2 saturated heterocycles. The fraction of sp³-hybridized carbons (Fsp3) is 0.500. The lowest BCUT2D eigenvalue weighted by Gasteiger charge is -2.40. The number of hydrogen-bond acceptors (Lipinski definition) is 7. The third-order valence-corrected chi connectivity index (χ3v) is 5.76. The van der Waals surface area contributed by atoms with Crippen molar-refractivity contribution in [1.82, 2.24) is 19.8 Å². The second kappa shape index (κ2) is 8.11. The minimum absolute atomic E-state index is 0.165. The lowest BCUT2D eigenvalue weighted by molar-refractivity contribution is -0.139. The number of anilines is 1. The van der Waals surface area contributed by atoms with Crippen LogP contribution in [0.15, 0.2) is 36.1 Å². The van der Waals surface area contributed by atoms with Crippen LogP contribution in [0.25, 0.3) is 0 Å². The minimum Gasteiger partial charge on any atom is -0.379 e. The number of carbonyl (C=O) groups excluding carboxylic acids is 1. The van der Waals surface area contributed by atoms with Crippen LogP contribution in [0.4, 0.5) is 5.13 Å². The smallest absolute Gasteiger partial charge is 0.244 e. The molecule has 0 aliphatic carbocycles. The summed E-state index contributed by atoms with van der Waals surface area (Å²) in [5.41, 5.74) is 0.960. The summed E-state index contributed by atoms with van der Waals surface area (Å²) in [4.78, 5) is 28.4. The Morgan fingerprint density at radius 3 is 2.58 bits per heavy atom. The van der Waals surface area contributed by atoms with E-state index in [0.29, 0.717) is 13.2 Å². The Kier molecular flexibility index (Phi) is 5.42. The van der Waals surface area contributed by atoms with Crippen LogP contribution in [0.2, 0.25) is 0 Å². The molecule has 138 valence electrons. The van der Waals surface area contributed by atoms with E-state index in [1.54, 1.807) is 17.5 Å². The van der Waals surface area contributed by atoms with Crippen molar-refractivity contribution < 1.29 is 9.53 Å². The molecule has 2 aromatic rings. The van der Waals surface area contributed by atoms with E-state index >= 15 is 0 Å². The van der Waals surface area contributed by atoms with E-state index in [4.69, 9.17) is 4.74 Å². The van der Waals surface area contributed by atoms with Crippen molar-refractivity contribution in [2.24, 2.45) is 0 Å². The van der Waals surface area contributed by atoms with Gasteiger partial charge in [0.15, 0.2) is 5.13 Å². The first-order chi connectivity index (χ1) is 12.8. The molecule has 1 amide bonds. The van der Waals surface area contributed by atoms with Gasteiger partial charge in [0.05, 0.1) is 13.2 Å². The van der Waals surface area contributed by atoms with E-state index in [1.165, 1.54) is 0 Å². The van der Waals surface area contributed by atoms with Gasteiger partial charge in [-0.2, -0.15) is 0 Å². The van der Waals surface area contributed by atoms with Crippen molar-refractivity contribution in [1.29, 1.82) is 0 Å². The standard InChI is InChI=1S/C18H23N5O2S/c24-17(22-5-7-23(8-6-22)18-20-4-13-26-18)16(15-2-1-3-19-14-15)21-9-11-25-12-10-21/h1-4,13-14,16H,5-12H2/t16-/m1/s1. The molecular weight excluding hydrogens is 350 g/mol. The third kappa shape index (κ3) is 3.72. The first kappa shape index (κ1) is 17.4. The quantitative estimate of drug-likeness (QED) is 0.804. The molecule has 2 fully saturated rings. The third-order valence-electron chi connectivity index (χ3n) is 4.93. The number of aromatic nitrogens is 2. The van der Waals surface area contributed by atoms with Gasteiger partial charge in [-0.1, -0.05) is 6.07 Å². The van der Waals surface area contributed by atoms with Gasteiger partial charge >= 0.3 is 0 Å². The fourth-order valence-corrected chi connectivity index (χ4v) is 4.24. The Balaban J connectivity index is 1.48. The number of piperazine rings is 1. The number of nitrogens with zero attached hydrogens (tertiary/aromatic N) is 5. The summed E-state index contributed by atoms with van der Waals surface area (Å²) in [7, 11) is 0. The van der Waals surface area contributed by atoms with Gasteiger partial charge in [0, 0.05) is 63.2 Å². The maximum Gasteiger partial charge on any atom is 0.244 e. The van der Waals surface area contributed by atoms with Crippen molar-refractivity contribution >= 4 is 22.4 Å². The SMILES string of the molecule is O=C([C@@H](c1cccnc1)N1CCOCC1)N1CCN(c2nccs2)CC1. The van der Waals surface area contributed by atoms with E-state index in [2.05, 4.69) is 19.8 Å². The van der Waals surface area contributed by atoms with Gasteiger partial charge in [0.2, 0.25) is 5.91 Å². The van der Waals surface area contributed by atoms with Gasteiger partial charge in [-0.05, 0) is 11.6 Å². The summed E-state index contributed by atoms with van der Waals surface area (Å²) in [5, 5.41) is 3.03. The predicted octanol–water partition coefficient (Wildman–Crippen LogP) is 1.26. The zero-order valence-electron chi connectivity index (χ0n) is 14.7. The molecule has 26 heavy (non-hydrogen) atoms. The molecule has 0 unspecified atom stereocenters. The molecule has 7 nitrogen and oxygen atoms in total. The molecule has 2 aliphatic heterocycles. The van der Waals surface area contributed by atoms with Gasteiger partial charge in [-0.25, -0.2) is 4.98 Å². The molecule has 8 heteroatoms. The summed E-state index contributed by atoms with van der Waals surface area (Å²) < 4.78 is 5.47. The molecule has 0 radical (unpaired) electrons. The first-order valence-electron chi connectivity index (χ1n) is 8.98. The molecule has 0 aromatic carbocycles. The molecular formula is C18H23N5O2S. The molecule has 1 atom stereocenters. The van der Waals surface area contributed by atoms with Crippen LogP contribution in [0.3, 0.4) is 0 Å². The molecule has 2 aliphatic rings. The Hall–Kier alpha value is -2.03. The van der Waals surface area contributed by atoms with Gasteiger partial charge in [-0.15, -0.1) is 11.3 Å². The summed E-state index contributed by atoms with van der Waals surface area (Å²) in [6, 6.07) is 3.62. The average molecular weight is 373 g/mol. The number of rotatable bonds is 4. The Bertz CT molecular complexity index is 698. The summed E-state index contributed by atoms with van der Waals surface area (Å²) >= 11 is 1.65. The normalized spacial score (nSPS) is 20.2. The van der Waals surface area contributed by atoms with Crippen LogP contribution in [0, 0.1) is 0 Å². The van der Waals surface area contributed by atoms with E-state index in [1.807, 2.05) is 34.8 Å². The summed E-state index contributed by atoms with van der Waals surface area (Å²) in [6.07, 6.45) is 5.38. The van der Waals surface area contributed by atoms with E-state index in [9.17, 15) is 4.79 Å². The van der Waals surface area contributed by atoms with Crippen molar-refractivity contribution in [3.05, 3.63) is 41.7 Å². The topological polar surface area (TPSA) is 61.8 Å². The number of thiazole rings is 1. The average Bonchev–Trinajstić information content (AvgIpc) is 3.25. The van der Waals surface area contributed by atoms with Crippen LogP contribution in [-0.4, -0.2) is 78.2 Å². The van der Waals surface area contributed by atoms with E-state index in [-0.39, 0.29) is 11.9 Å². The van der Waals surface area contributed by atoms with Crippen molar-refractivity contribution in [3.63, 3.8) is 0 Å². The van der Waals surface area contributed by atoms with Crippen molar-refractivity contribution in [2.45, 2.75) is 6.04 Å². The van der Waals surface area contributed by atoms with Gasteiger partial charge in [0.1, 0.15) is 6.04 Å². The summed E-state index contributed by atoms with van der Waals surface area (Å²) in [5.74, 6) is 0.165. The number of hydrogen-bond donors (Lipinski definition) is 0. The van der Waals surface area contributed by atoms with Crippen molar-refractivity contribution in [2.75, 3.05) is 57.4 Å². The van der Waals surface area contributed by atoms with E-state index in [0.717, 1.165) is 50.0 Å². The molecule has 0 spiro atoms. The van der Waals surface area contributed by atoms with Gasteiger partial charge in [-0.3, -0.25) is 14.7 Å². The lowest BCUT2D eigenvalue weighted by atomic mass is 10.0. The molecule has 0 saturated carbocycles. The monoisotopic (exact) mass is 373 g/mol. The molecule has 0 N–H and O–H groups in total. The van der Waals surface area contributed by atoms with Crippen LogP contribution in [-0.2, 0) is 9.53 Å². The summed E-state index contributed by atoms with van der Waals surface area (Å²) in [6.45, 7) is 5.96. The second-order valence-electron chi connectivity index (χ2n) is 6.46. The lowest BCUT2D eigenvalue weighted by Crippen LogP contribution is -2.53. The zero-order valence-corrected chi connectivity index (χ0v) is 15.5. The van der Waals surface area contributed by atoms with Gasteiger partial charge < -0.3 is 14.5 Å². The molecule has 2 aromatic heterocycles. The number of pyridine rings is 1. The highest BCUT2D eigenvalue weighted by Crippen LogP contribution is 2.25. The number of amides is 1. The fourth-order valence-electron chi connectivity index (χ4n) is 3.55. The molecule has 4 heterocycles. The second-order valence-corrected chi connectivity index (χ2v) is 7.34. The van der Waals surface area contributed by atoms with Crippen LogP contribution < -0.4 is 4.90 Å².